The Hall–Kier alpha value is -0.780. The van der Waals surface area contributed by atoms with Crippen LogP contribution in [0, 0.1) is 12.1 Å². The molecule has 0 spiro atoms. The van der Waals surface area contributed by atoms with Gasteiger partial charge in [0.2, 0.25) is 0 Å². The van der Waals surface area contributed by atoms with Crippen molar-refractivity contribution in [1.29, 1.82) is 0 Å². The Morgan fingerprint density at radius 3 is 2.83 bits per heavy atom. The van der Waals surface area contributed by atoms with Gasteiger partial charge in [0.25, 0.3) is 0 Å². The molecule has 0 amide bonds. The van der Waals surface area contributed by atoms with E-state index in [1.165, 1.54) is 31.2 Å². The van der Waals surface area contributed by atoms with Gasteiger partial charge >= 0.3 is 0 Å². The van der Waals surface area contributed by atoms with Crippen LogP contribution in [-0.4, -0.2) is 0 Å². The van der Waals surface area contributed by atoms with Gasteiger partial charge in [-0.2, -0.15) is 0 Å². The van der Waals surface area contributed by atoms with Crippen molar-refractivity contribution in [3.05, 3.63) is 35.9 Å². The predicted octanol–water partition coefficient (Wildman–Crippen LogP) is 3.41. The zero-order valence-electron chi connectivity index (χ0n) is 7.77. The average molecular weight is 160 g/mol. The van der Waals surface area contributed by atoms with Crippen molar-refractivity contribution >= 4 is 0 Å². The molecule has 0 N–H and O–H groups in total. The Bertz CT molecular complexity index is 188. The predicted molar refractivity (Wildman–Crippen MR) is 52.0 cm³/mol. The van der Waals surface area contributed by atoms with Gasteiger partial charge in [-0.15, -0.1) is 0 Å². The summed E-state index contributed by atoms with van der Waals surface area (Å²) >= 11 is 0. The summed E-state index contributed by atoms with van der Waals surface area (Å²) in [5.41, 5.74) is 1.30. The van der Waals surface area contributed by atoms with E-state index < -0.39 is 0 Å². The Balaban J connectivity index is 2.16. The quantitative estimate of drug-likeness (QED) is 0.579. The van der Waals surface area contributed by atoms with Crippen LogP contribution in [0.2, 0.25) is 0 Å². The number of aryl methyl sites for hydroxylation is 1. The monoisotopic (exact) mass is 160 g/mol. The van der Waals surface area contributed by atoms with Gasteiger partial charge in [0.15, 0.2) is 0 Å². The minimum Gasteiger partial charge on any atom is -0.0654 e. The third-order valence-corrected chi connectivity index (χ3v) is 2.01. The standard InChI is InChI=1S/C12H16/c1-2-3-4-6-9-12-10-7-5-8-11-12/h5,7,10H,2-4,6,9H2,1H3. The SMILES string of the molecule is CCCCCCc1[c][c]ccc1. The molecule has 1 aromatic carbocycles. The molecular formula is C12H16. The van der Waals surface area contributed by atoms with E-state index in [1.54, 1.807) is 0 Å². The number of hydrogen-bond donors (Lipinski definition) is 0. The van der Waals surface area contributed by atoms with Gasteiger partial charge in [-0.05, 0) is 30.5 Å². The molecular weight excluding hydrogens is 144 g/mol. The minimum absolute atomic E-state index is 1.16. The van der Waals surface area contributed by atoms with Crippen molar-refractivity contribution in [2.24, 2.45) is 0 Å². The van der Waals surface area contributed by atoms with Crippen molar-refractivity contribution in [1.82, 2.24) is 0 Å². The molecule has 64 valence electrons. The molecule has 0 saturated heterocycles. The molecule has 0 heteroatoms. The van der Waals surface area contributed by atoms with E-state index in [9.17, 15) is 0 Å². The highest BCUT2D eigenvalue weighted by atomic mass is 14.0. The minimum atomic E-state index is 1.16. The van der Waals surface area contributed by atoms with Gasteiger partial charge in [0, 0.05) is 0 Å². The van der Waals surface area contributed by atoms with E-state index in [1.807, 2.05) is 12.1 Å². The summed E-state index contributed by atoms with van der Waals surface area (Å²) < 4.78 is 0. The molecule has 0 aliphatic carbocycles. The van der Waals surface area contributed by atoms with Crippen LogP contribution in [-0.2, 0) is 6.42 Å². The van der Waals surface area contributed by atoms with Gasteiger partial charge in [0.05, 0.1) is 0 Å². The van der Waals surface area contributed by atoms with E-state index in [-0.39, 0.29) is 0 Å². The maximum atomic E-state index is 3.12. The molecule has 0 aromatic heterocycles. The highest BCUT2D eigenvalue weighted by molar-refractivity contribution is 5.11. The van der Waals surface area contributed by atoms with Gasteiger partial charge in [-0.25, -0.2) is 0 Å². The van der Waals surface area contributed by atoms with E-state index in [2.05, 4.69) is 25.1 Å². The maximum absolute atomic E-state index is 3.12. The molecule has 0 nitrogen and oxygen atoms in total. The Morgan fingerprint density at radius 2 is 2.17 bits per heavy atom. The lowest BCUT2D eigenvalue weighted by atomic mass is 10.1. The van der Waals surface area contributed by atoms with Crippen molar-refractivity contribution < 1.29 is 0 Å². The van der Waals surface area contributed by atoms with Crippen molar-refractivity contribution in [2.45, 2.75) is 39.0 Å². The Kier molecular flexibility index (Phi) is 4.51. The molecule has 12 heavy (non-hydrogen) atoms. The van der Waals surface area contributed by atoms with Crippen molar-refractivity contribution in [3.8, 4) is 0 Å². The second-order valence-electron chi connectivity index (χ2n) is 3.13. The highest BCUT2D eigenvalue weighted by Gasteiger charge is 1.91. The van der Waals surface area contributed by atoms with Gasteiger partial charge < -0.3 is 0 Å². The molecule has 1 aromatic rings. The van der Waals surface area contributed by atoms with E-state index in [0.717, 1.165) is 6.42 Å². The zero-order valence-corrected chi connectivity index (χ0v) is 7.77. The maximum Gasteiger partial charge on any atom is -0.00641 e. The second-order valence-corrected chi connectivity index (χ2v) is 3.13. The van der Waals surface area contributed by atoms with Crippen LogP contribution in [0.1, 0.15) is 38.2 Å². The number of unbranched alkanes of at least 4 members (excludes halogenated alkanes) is 3. The van der Waals surface area contributed by atoms with Gasteiger partial charge in [0.1, 0.15) is 0 Å². The summed E-state index contributed by atoms with van der Waals surface area (Å²) in [5, 5.41) is 0. The molecule has 0 fully saturated rings. The molecule has 0 aliphatic heterocycles. The first-order valence-corrected chi connectivity index (χ1v) is 4.80. The Labute approximate surface area is 75.6 Å². The third kappa shape index (κ3) is 3.56. The lowest BCUT2D eigenvalue weighted by Crippen LogP contribution is -1.84. The molecule has 0 aliphatic rings. The molecule has 0 unspecified atom stereocenters. The van der Waals surface area contributed by atoms with Crippen LogP contribution in [0.4, 0.5) is 0 Å². The van der Waals surface area contributed by atoms with Crippen LogP contribution in [0.3, 0.4) is 0 Å². The highest BCUT2D eigenvalue weighted by Crippen LogP contribution is 2.06. The third-order valence-electron chi connectivity index (χ3n) is 2.01. The van der Waals surface area contributed by atoms with Crippen LogP contribution in [0.5, 0.6) is 0 Å². The number of hydrogen-bond acceptors (Lipinski definition) is 0. The lowest BCUT2D eigenvalue weighted by molar-refractivity contribution is 0.666. The summed E-state index contributed by atoms with van der Waals surface area (Å²) in [6, 6.07) is 12.2. The van der Waals surface area contributed by atoms with Gasteiger partial charge in [-0.3, -0.25) is 0 Å². The van der Waals surface area contributed by atoms with E-state index in [4.69, 9.17) is 0 Å². The van der Waals surface area contributed by atoms with Gasteiger partial charge in [-0.1, -0.05) is 44.4 Å². The summed E-state index contributed by atoms with van der Waals surface area (Å²) in [5.74, 6) is 0. The fourth-order valence-corrected chi connectivity index (χ4v) is 1.28. The fraction of sp³-hybridized carbons (Fsp3) is 0.500. The summed E-state index contributed by atoms with van der Waals surface area (Å²) in [7, 11) is 0. The van der Waals surface area contributed by atoms with Crippen LogP contribution in [0.15, 0.2) is 18.2 Å². The molecule has 0 saturated carbocycles. The molecule has 0 bridgehead atoms. The lowest BCUT2D eigenvalue weighted by Gasteiger charge is -1.98. The number of benzene rings is 1. The van der Waals surface area contributed by atoms with Crippen molar-refractivity contribution in [2.75, 3.05) is 0 Å². The topological polar surface area (TPSA) is 0 Å². The number of rotatable bonds is 5. The molecule has 0 heterocycles. The first-order chi connectivity index (χ1) is 5.93. The second kappa shape index (κ2) is 5.82. The summed E-state index contributed by atoms with van der Waals surface area (Å²) in [6.45, 7) is 2.24. The van der Waals surface area contributed by atoms with Crippen molar-refractivity contribution in [3.63, 3.8) is 0 Å². The zero-order chi connectivity index (χ0) is 8.65. The Morgan fingerprint density at radius 1 is 1.25 bits per heavy atom. The molecule has 0 atom stereocenters. The fourth-order valence-electron chi connectivity index (χ4n) is 1.28. The first-order valence-electron chi connectivity index (χ1n) is 4.80. The molecule has 1 rings (SSSR count). The smallest absolute Gasteiger partial charge is 0.00641 e. The average Bonchev–Trinajstić information content (AvgIpc) is 2.14. The van der Waals surface area contributed by atoms with Crippen LogP contribution < -0.4 is 0 Å². The van der Waals surface area contributed by atoms with E-state index in [0.29, 0.717) is 0 Å². The van der Waals surface area contributed by atoms with Crippen LogP contribution >= 0.6 is 0 Å². The first kappa shape index (κ1) is 9.31. The van der Waals surface area contributed by atoms with E-state index >= 15 is 0 Å². The molecule has 2 radical (unpaired) electrons. The normalized spacial score (nSPS) is 10.1. The largest absolute Gasteiger partial charge is 0.0654 e. The summed E-state index contributed by atoms with van der Waals surface area (Å²) in [6.07, 6.45) is 6.47. The van der Waals surface area contributed by atoms with Crippen LogP contribution in [0.25, 0.3) is 0 Å². The summed E-state index contributed by atoms with van der Waals surface area (Å²) in [4.78, 5) is 0.